The lowest BCUT2D eigenvalue weighted by Crippen LogP contribution is -2.61. The summed E-state index contributed by atoms with van der Waals surface area (Å²) in [6.45, 7) is 20.6. The molecule has 3 aliphatic rings. The van der Waals surface area contributed by atoms with E-state index in [0.717, 1.165) is 6.42 Å². The van der Waals surface area contributed by atoms with Gasteiger partial charge in [-0.25, -0.2) is 0 Å². The van der Waals surface area contributed by atoms with E-state index in [1.807, 2.05) is 25.7 Å². The molecule has 3 saturated heterocycles. The van der Waals surface area contributed by atoms with Gasteiger partial charge in [0.05, 0.1) is 11.5 Å². The van der Waals surface area contributed by atoms with Crippen LogP contribution in [0.5, 0.6) is 0 Å². The van der Waals surface area contributed by atoms with Crippen LogP contribution in [-0.4, -0.2) is 81.8 Å². The molecule has 8 nitrogen and oxygen atoms in total. The molecule has 3 heterocycles. The summed E-state index contributed by atoms with van der Waals surface area (Å²) < 4.78 is 12.1. The maximum atomic E-state index is 14.6. The third-order valence-corrected chi connectivity index (χ3v) is 8.19. The molecule has 2 bridgehead atoms. The van der Waals surface area contributed by atoms with E-state index in [2.05, 4.69) is 33.9 Å². The van der Waals surface area contributed by atoms with Crippen LogP contribution in [0.2, 0.25) is 0 Å². The molecule has 2 amide bonds. The summed E-state index contributed by atoms with van der Waals surface area (Å²) in [6.07, 6.45) is 6.09. The second-order valence-electron chi connectivity index (χ2n) is 12.9. The topological polar surface area (TPSA) is 96.4 Å². The van der Waals surface area contributed by atoms with Crippen molar-refractivity contribution in [2.45, 2.75) is 96.4 Å². The fourth-order valence-electron chi connectivity index (χ4n) is 7.23. The van der Waals surface area contributed by atoms with Crippen LogP contribution in [0.15, 0.2) is 25.3 Å². The molecule has 3 fully saturated rings. The molecule has 37 heavy (non-hydrogen) atoms. The minimum absolute atomic E-state index is 0.00148. The number of likely N-dealkylation sites (tertiary alicyclic amines) is 1. The summed E-state index contributed by atoms with van der Waals surface area (Å²) in [5, 5.41) is 9.37. The Labute approximate surface area is 222 Å². The number of unbranched alkanes of at least 4 members (excludes halogenated alkanes) is 1. The van der Waals surface area contributed by atoms with E-state index in [-0.39, 0.29) is 30.4 Å². The third kappa shape index (κ3) is 5.24. The lowest BCUT2D eigenvalue weighted by Gasteiger charge is -2.45. The minimum atomic E-state index is -1.10. The Hall–Kier alpha value is -2.19. The SMILES string of the molecule is C=CCOC(=O)[C@H]1[C@H]2C(=O)N(CCCCO)C(C(=O)N(CC=C)C(C)(C)CC(C)(C)C)C23CC[C@]1(C)O3. The minimum Gasteiger partial charge on any atom is -0.461 e. The van der Waals surface area contributed by atoms with E-state index in [1.54, 1.807) is 11.0 Å². The number of carbonyl (C=O) groups is 3. The highest BCUT2D eigenvalue weighted by molar-refractivity contribution is 5.98. The Balaban J connectivity index is 2.08. The van der Waals surface area contributed by atoms with Crippen LogP contribution in [0.1, 0.15) is 73.6 Å². The highest BCUT2D eigenvalue weighted by Crippen LogP contribution is 2.63. The van der Waals surface area contributed by atoms with E-state index in [1.165, 1.54) is 6.08 Å². The van der Waals surface area contributed by atoms with Gasteiger partial charge in [-0.3, -0.25) is 14.4 Å². The summed E-state index contributed by atoms with van der Waals surface area (Å²) in [4.78, 5) is 45.2. The van der Waals surface area contributed by atoms with Gasteiger partial charge in [-0.15, -0.1) is 6.58 Å². The summed E-state index contributed by atoms with van der Waals surface area (Å²) in [6, 6.07) is -0.859. The number of aliphatic hydroxyl groups is 1. The molecule has 3 rings (SSSR count). The van der Waals surface area contributed by atoms with Crippen molar-refractivity contribution in [3.05, 3.63) is 25.3 Å². The summed E-state index contributed by atoms with van der Waals surface area (Å²) in [5.41, 5.74) is -2.53. The van der Waals surface area contributed by atoms with Gasteiger partial charge < -0.3 is 24.4 Å². The highest BCUT2D eigenvalue weighted by atomic mass is 16.6. The Morgan fingerprint density at radius 3 is 2.43 bits per heavy atom. The van der Waals surface area contributed by atoms with Crippen molar-refractivity contribution < 1.29 is 29.0 Å². The molecular weight excluding hydrogens is 472 g/mol. The lowest BCUT2D eigenvalue weighted by atomic mass is 9.66. The van der Waals surface area contributed by atoms with Gasteiger partial charge in [0.1, 0.15) is 24.2 Å². The zero-order valence-electron chi connectivity index (χ0n) is 23.5. The van der Waals surface area contributed by atoms with Crippen molar-refractivity contribution in [2.75, 3.05) is 26.3 Å². The van der Waals surface area contributed by atoms with Crippen LogP contribution in [0.25, 0.3) is 0 Å². The maximum absolute atomic E-state index is 14.6. The van der Waals surface area contributed by atoms with Gasteiger partial charge in [-0.05, 0) is 58.3 Å². The maximum Gasteiger partial charge on any atom is 0.313 e. The predicted molar refractivity (Wildman–Crippen MR) is 141 cm³/mol. The van der Waals surface area contributed by atoms with Crippen molar-refractivity contribution >= 4 is 17.8 Å². The molecule has 0 aromatic heterocycles. The highest BCUT2D eigenvalue weighted by Gasteiger charge is 2.78. The molecular formula is C29H46N2O6. The zero-order valence-corrected chi connectivity index (χ0v) is 23.5. The monoisotopic (exact) mass is 518 g/mol. The number of hydrogen-bond donors (Lipinski definition) is 1. The third-order valence-electron chi connectivity index (χ3n) is 8.19. The zero-order chi connectivity index (χ0) is 27.8. The summed E-state index contributed by atoms with van der Waals surface area (Å²) in [7, 11) is 0. The number of esters is 1. The number of nitrogens with zero attached hydrogens (tertiary/aromatic N) is 2. The molecule has 0 aliphatic carbocycles. The van der Waals surface area contributed by atoms with Gasteiger partial charge in [0.2, 0.25) is 11.8 Å². The number of fused-ring (bicyclic) bond motifs is 1. The standard InChI is InChI=1S/C29H46N2O6/c1-9-15-31(27(6,7)19-26(3,4)5)24(34)22-29-14-13-28(8,37-29)21(25(35)36-18-10-2)20(29)23(33)30(22)16-11-12-17-32/h9-10,20-22,32H,1-2,11-19H2,3-8H3/t20-,21+,22?,28-,29?/m0/s1. The average molecular weight is 519 g/mol. The van der Waals surface area contributed by atoms with Crippen molar-refractivity contribution in [1.29, 1.82) is 0 Å². The van der Waals surface area contributed by atoms with E-state index in [0.29, 0.717) is 38.8 Å². The second kappa shape index (κ2) is 10.5. The van der Waals surface area contributed by atoms with Gasteiger partial charge in [0.25, 0.3) is 0 Å². The predicted octanol–water partition coefficient (Wildman–Crippen LogP) is 3.48. The smallest absolute Gasteiger partial charge is 0.313 e. The largest absolute Gasteiger partial charge is 0.461 e. The normalized spacial score (nSPS) is 30.8. The van der Waals surface area contributed by atoms with E-state index in [9.17, 15) is 19.5 Å². The number of rotatable bonds is 12. The quantitative estimate of drug-likeness (QED) is 0.241. The van der Waals surface area contributed by atoms with Crippen LogP contribution in [0, 0.1) is 17.3 Å². The first-order chi connectivity index (χ1) is 17.2. The number of hydrogen-bond acceptors (Lipinski definition) is 6. The van der Waals surface area contributed by atoms with Gasteiger partial charge in [-0.2, -0.15) is 0 Å². The van der Waals surface area contributed by atoms with E-state index in [4.69, 9.17) is 9.47 Å². The van der Waals surface area contributed by atoms with E-state index < -0.39 is 40.6 Å². The fourth-order valence-corrected chi connectivity index (χ4v) is 7.23. The fraction of sp³-hybridized carbons (Fsp3) is 0.759. The van der Waals surface area contributed by atoms with E-state index >= 15 is 0 Å². The van der Waals surface area contributed by atoms with Crippen LogP contribution in [0.4, 0.5) is 0 Å². The number of ether oxygens (including phenoxy) is 2. The summed E-state index contributed by atoms with van der Waals surface area (Å²) in [5.74, 6) is -2.49. The molecule has 5 atom stereocenters. The molecule has 208 valence electrons. The molecule has 0 saturated carbocycles. The lowest BCUT2D eigenvalue weighted by molar-refractivity contribution is -0.160. The van der Waals surface area contributed by atoms with Crippen LogP contribution >= 0.6 is 0 Å². The first-order valence-corrected chi connectivity index (χ1v) is 13.5. The number of aliphatic hydroxyl groups excluding tert-OH is 1. The molecule has 0 aromatic carbocycles. The average Bonchev–Trinajstić information content (AvgIpc) is 3.35. The van der Waals surface area contributed by atoms with Gasteiger partial charge >= 0.3 is 5.97 Å². The van der Waals surface area contributed by atoms with Crippen molar-refractivity contribution in [3.63, 3.8) is 0 Å². The first kappa shape index (κ1) is 29.4. The van der Waals surface area contributed by atoms with Crippen LogP contribution < -0.4 is 0 Å². The molecule has 0 radical (unpaired) electrons. The molecule has 1 N–H and O–H groups in total. The number of amides is 2. The number of carbonyl (C=O) groups excluding carboxylic acids is 3. The molecule has 0 aromatic rings. The molecule has 1 spiro atoms. The van der Waals surface area contributed by atoms with Crippen LogP contribution in [0.3, 0.4) is 0 Å². The van der Waals surface area contributed by atoms with Crippen molar-refractivity contribution in [3.8, 4) is 0 Å². The molecule has 2 unspecified atom stereocenters. The van der Waals surface area contributed by atoms with Crippen LogP contribution in [-0.2, 0) is 23.9 Å². The Morgan fingerprint density at radius 2 is 1.86 bits per heavy atom. The summed E-state index contributed by atoms with van der Waals surface area (Å²) >= 11 is 0. The Kier molecular flexibility index (Phi) is 8.35. The van der Waals surface area contributed by atoms with Crippen molar-refractivity contribution in [2.24, 2.45) is 17.3 Å². The molecule has 8 heteroatoms. The Morgan fingerprint density at radius 1 is 1.19 bits per heavy atom. The van der Waals surface area contributed by atoms with Gasteiger partial charge in [-0.1, -0.05) is 39.5 Å². The van der Waals surface area contributed by atoms with Crippen molar-refractivity contribution in [1.82, 2.24) is 9.80 Å². The second-order valence-corrected chi connectivity index (χ2v) is 12.9. The van der Waals surface area contributed by atoms with Gasteiger partial charge in [0.15, 0.2) is 0 Å². The van der Waals surface area contributed by atoms with Gasteiger partial charge in [0, 0.05) is 25.2 Å². The molecule has 3 aliphatic heterocycles. The first-order valence-electron chi connectivity index (χ1n) is 13.5. The Bertz CT molecular complexity index is 924.